The van der Waals surface area contributed by atoms with Crippen LogP contribution in [0.25, 0.3) is 0 Å². The summed E-state index contributed by atoms with van der Waals surface area (Å²) in [6.07, 6.45) is 6.14. The second-order valence-electron chi connectivity index (χ2n) is 6.32. The highest BCUT2D eigenvalue weighted by molar-refractivity contribution is 6.20. The molecule has 0 N–H and O–H groups in total. The molecule has 0 fully saturated rings. The number of ether oxygens (including phenoxy) is 1. The SMILES string of the molecule is CCCN(CCCCC[C@@H](Cl)CC)C(=O)OC(C)(C)C. The number of carbonyl (C=O) groups is 1. The van der Waals surface area contributed by atoms with Crippen LogP contribution in [0.2, 0.25) is 0 Å². The van der Waals surface area contributed by atoms with Crippen molar-refractivity contribution in [3.05, 3.63) is 0 Å². The summed E-state index contributed by atoms with van der Waals surface area (Å²) in [5.41, 5.74) is -0.421. The lowest BCUT2D eigenvalue weighted by molar-refractivity contribution is 0.0246. The van der Waals surface area contributed by atoms with Gasteiger partial charge in [0.05, 0.1) is 0 Å². The summed E-state index contributed by atoms with van der Waals surface area (Å²) in [7, 11) is 0. The maximum atomic E-state index is 12.0. The van der Waals surface area contributed by atoms with E-state index in [9.17, 15) is 4.79 Å². The molecule has 0 saturated carbocycles. The van der Waals surface area contributed by atoms with E-state index in [1.54, 1.807) is 0 Å². The number of hydrogen-bond donors (Lipinski definition) is 0. The summed E-state index contributed by atoms with van der Waals surface area (Å²) >= 11 is 6.10. The van der Waals surface area contributed by atoms with Crippen molar-refractivity contribution >= 4 is 17.7 Å². The largest absolute Gasteiger partial charge is 0.444 e. The van der Waals surface area contributed by atoms with Crippen molar-refractivity contribution in [1.82, 2.24) is 4.90 Å². The van der Waals surface area contributed by atoms with Gasteiger partial charge in [-0.25, -0.2) is 4.79 Å². The third kappa shape index (κ3) is 10.4. The first-order valence-electron chi connectivity index (χ1n) is 7.92. The molecule has 4 heteroatoms. The first kappa shape index (κ1) is 19.6. The lowest BCUT2D eigenvalue weighted by Crippen LogP contribution is -2.37. The molecule has 0 heterocycles. The fraction of sp³-hybridized carbons (Fsp3) is 0.938. The smallest absolute Gasteiger partial charge is 0.410 e. The second-order valence-corrected chi connectivity index (χ2v) is 6.94. The lowest BCUT2D eigenvalue weighted by Gasteiger charge is -2.27. The van der Waals surface area contributed by atoms with Gasteiger partial charge in [0.25, 0.3) is 0 Å². The Morgan fingerprint density at radius 3 is 2.30 bits per heavy atom. The molecule has 0 aromatic rings. The van der Waals surface area contributed by atoms with E-state index in [0.29, 0.717) is 5.38 Å². The van der Waals surface area contributed by atoms with Crippen molar-refractivity contribution in [1.29, 1.82) is 0 Å². The van der Waals surface area contributed by atoms with E-state index in [1.165, 1.54) is 0 Å². The Kier molecular flexibility index (Phi) is 10.1. The van der Waals surface area contributed by atoms with Crippen LogP contribution in [-0.4, -0.2) is 35.1 Å². The number of hydrogen-bond acceptors (Lipinski definition) is 2. The molecule has 0 radical (unpaired) electrons. The normalized spacial score (nSPS) is 13.1. The highest BCUT2D eigenvalue weighted by Crippen LogP contribution is 2.14. The van der Waals surface area contributed by atoms with E-state index in [2.05, 4.69) is 13.8 Å². The summed E-state index contributed by atoms with van der Waals surface area (Å²) in [5, 5.41) is 0.299. The van der Waals surface area contributed by atoms with E-state index in [0.717, 1.165) is 51.6 Å². The van der Waals surface area contributed by atoms with Crippen molar-refractivity contribution in [2.45, 2.75) is 84.1 Å². The van der Waals surface area contributed by atoms with Gasteiger partial charge < -0.3 is 9.64 Å². The first-order valence-corrected chi connectivity index (χ1v) is 8.35. The molecule has 3 nitrogen and oxygen atoms in total. The Morgan fingerprint density at radius 1 is 1.15 bits per heavy atom. The number of amides is 1. The summed E-state index contributed by atoms with van der Waals surface area (Å²) < 4.78 is 5.43. The standard InChI is InChI=1S/C16H32ClNO2/c1-6-12-18(15(19)20-16(3,4)5)13-10-8-9-11-14(17)7-2/h14H,6-13H2,1-5H3/t14-/m0/s1. The van der Waals surface area contributed by atoms with Gasteiger partial charge in [-0.15, -0.1) is 11.6 Å². The number of nitrogens with zero attached hydrogens (tertiary/aromatic N) is 1. The molecule has 0 aromatic heterocycles. The fourth-order valence-electron chi connectivity index (χ4n) is 1.94. The van der Waals surface area contributed by atoms with Gasteiger partial charge in [0.2, 0.25) is 0 Å². The maximum absolute atomic E-state index is 12.0. The van der Waals surface area contributed by atoms with Crippen LogP contribution in [0.1, 0.15) is 73.1 Å². The highest BCUT2D eigenvalue weighted by Gasteiger charge is 2.21. The van der Waals surface area contributed by atoms with Gasteiger partial charge in [-0.3, -0.25) is 0 Å². The average molecular weight is 306 g/mol. The molecule has 0 spiro atoms. The molecule has 0 aliphatic carbocycles. The monoisotopic (exact) mass is 305 g/mol. The molecule has 0 saturated heterocycles. The minimum atomic E-state index is -0.421. The first-order chi connectivity index (χ1) is 9.30. The number of halogens is 1. The topological polar surface area (TPSA) is 29.5 Å². The minimum Gasteiger partial charge on any atom is -0.444 e. The molecule has 0 bridgehead atoms. The Bertz CT molecular complexity index is 264. The van der Waals surface area contributed by atoms with E-state index in [1.807, 2.05) is 25.7 Å². The molecule has 1 atom stereocenters. The maximum Gasteiger partial charge on any atom is 0.410 e. The summed E-state index contributed by atoms with van der Waals surface area (Å²) in [5.74, 6) is 0. The van der Waals surface area contributed by atoms with Gasteiger partial charge in [0, 0.05) is 18.5 Å². The summed E-state index contributed by atoms with van der Waals surface area (Å²) in [6, 6.07) is 0. The zero-order valence-electron chi connectivity index (χ0n) is 13.9. The van der Waals surface area contributed by atoms with Crippen LogP contribution in [0, 0.1) is 0 Å². The van der Waals surface area contributed by atoms with E-state index >= 15 is 0 Å². The van der Waals surface area contributed by atoms with Crippen molar-refractivity contribution in [2.24, 2.45) is 0 Å². The Labute approximate surface area is 130 Å². The lowest BCUT2D eigenvalue weighted by atomic mass is 10.1. The van der Waals surface area contributed by atoms with Crippen molar-refractivity contribution < 1.29 is 9.53 Å². The quantitative estimate of drug-likeness (QED) is 0.432. The van der Waals surface area contributed by atoms with Gasteiger partial charge in [0.15, 0.2) is 0 Å². The average Bonchev–Trinajstić information content (AvgIpc) is 2.34. The Balaban J connectivity index is 3.99. The summed E-state index contributed by atoms with van der Waals surface area (Å²) in [6.45, 7) is 11.4. The van der Waals surface area contributed by atoms with Crippen LogP contribution >= 0.6 is 11.6 Å². The third-order valence-electron chi connectivity index (χ3n) is 3.03. The second kappa shape index (κ2) is 10.3. The molecule has 0 unspecified atom stereocenters. The van der Waals surface area contributed by atoms with E-state index < -0.39 is 5.60 Å². The molecule has 0 aliphatic heterocycles. The number of alkyl halides is 1. The van der Waals surface area contributed by atoms with Crippen LogP contribution in [0.4, 0.5) is 4.79 Å². The molecule has 1 amide bonds. The van der Waals surface area contributed by atoms with Crippen molar-refractivity contribution in [3.8, 4) is 0 Å². The Morgan fingerprint density at radius 2 is 1.80 bits per heavy atom. The fourth-order valence-corrected chi connectivity index (χ4v) is 2.09. The molecule has 120 valence electrons. The zero-order valence-corrected chi connectivity index (χ0v) is 14.6. The molecule has 0 rings (SSSR count). The van der Waals surface area contributed by atoms with Crippen LogP contribution < -0.4 is 0 Å². The molecule has 20 heavy (non-hydrogen) atoms. The summed E-state index contributed by atoms with van der Waals surface area (Å²) in [4.78, 5) is 13.9. The molecule has 0 aliphatic rings. The zero-order chi connectivity index (χ0) is 15.6. The van der Waals surface area contributed by atoms with E-state index in [-0.39, 0.29) is 6.09 Å². The predicted octanol–water partition coefficient (Wildman–Crippen LogP) is 5.21. The van der Waals surface area contributed by atoms with Crippen LogP contribution in [0.15, 0.2) is 0 Å². The molecular formula is C16H32ClNO2. The van der Waals surface area contributed by atoms with Gasteiger partial charge in [0.1, 0.15) is 5.60 Å². The number of rotatable bonds is 9. The van der Waals surface area contributed by atoms with Crippen LogP contribution in [-0.2, 0) is 4.74 Å². The van der Waals surface area contributed by atoms with Crippen molar-refractivity contribution in [3.63, 3.8) is 0 Å². The molecule has 0 aromatic carbocycles. The number of carbonyl (C=O) groups excluding carboxylic acids is 1. The van der Waals surface area contributed by atoms with Crippen LogP contribution in [0.5, 0.6) is 0 Å². The van der Waals surface area contributed by atoms with E-state index in [4.69, 9.17) is 16.3 Å². The highest BCUT2D eigenvalue weighted by atomic mass is 35.5. The predicted molar refractivity (Wildman–Crippen MR) is 86.5 cm³/mol. The van der Waals surface area contributed by atoms with Crippen LogP contribution in [0.3, 0.4) is 0 Å². The minimum absolute atomic E-state index is 0.192. The van der Waals surface area contributed by atoms with Gasteiger partial charge in [-0.2, -0.15) is 0 Å². The van der Waals surface area contributed by atoms with Gasteiger partial charge in [-0.05, 0) is 46.5 Å². The number of unbranched alkanes of at least 4 members (excludes halogenated alkanes) is 2. The Hall–Kier alpha value is -0.440. The van der Waals surface area contributed by atoms with Gasteiger partial charge in [-0.1, -0.05) is 26.7 Å². The molecular weight excluding hydrogens is 274 g/mol. The van der Waals surface area contributed by atoms with Crippen molar-refractivity contribution in [2.75, 3.05) is 13.1 Å². The third-order valence-corrected chi connectivity index (χ3v) is 3.56. The van der Waals surface area contributed by atoms with Gasteiger partial charge >= 0.3 is 6.09 Å².